The van der Waals surface area contributed by atoms with E-state index in [2.05, 4.69) is 13.8 Å². The van der Waals surface area contributed by atoms with Crippen molar-refractivity contribution in [1.82, 2.24) is 0 Å². The fourth-order valence-corrected chi connectivity index (χ4v) is 3.73. The molecule has 1 heterocycles. The van der Waals surface area contributed by atoms with Gasteiger partial charge >= 0.3 is 0 Å². The lowest BCUT2D eigenvalue weighted by atomic mass is 9.65. The van der Waals surface area contributed by atoms with E-state index in [0.29, 0.717) is 17.6 Å². The Balaban J connectivity index is 2.10. The number of ketones is 1. The van der Waals surface area contributed by atoms with E-state index >= 15 is 0 Å². The number of rotatable bonds is 1. The predicted octanol–water partition coefficient (Wildman–Crippen LogP) is 3.80. The zero-order valence-electron chi connectivity index (χ0n) is 10.8. The van der Waals surface area contributed by atoms with Gasteiger partial charge in [-0.25, -0.2) is 0 Å². The van der Waals surface area contributed by atoms with Crippen LogP contribution >= 0.6 is 0 Å². The number of hydrogen-bond acceptors (Lipinski definition) is 2. The Labute approximate surface area is 102 Å². The lowest BCUT2D eigenvalue weighted by Gasteiger charge is -2.38. The van der Waals surface area contributed by atoms with Crippen molar-refractivity contribution >= 4 is 5.78 Å². The quantitative estimate of drug-likeness (QED) is 0.737. The zero-order chi connectivity index (χ0) is 12.2. The van der Waals surface area contributed by atoms with Gasteiger partial charge in [0.05, 0.1) is 6.26 Å². The SMILES string of the molecule is CC(C)[C@H]1CCc2coc3c2[C@@H]1C[C@H](C)C3=O. The molecular formula is C15H20O2. The van der Waals surface area contributed by atoms with E-state index in [1.165, 1.54) is 17.5 Å². The molecule has 0 saturated heterocycles. The fourth-order valence-electron chi connectivity index (χ4n) is 3.73. The summed E-state index contributed by atoms with van der Waals surface area (Å²) in [7, 11) is 0. The molecular weight excluding hydrogens is 212 g/mol. The largest absolute Gasteiger partial charge is 0.461 e. The summed E-state index contributed by atoms with van der Waals surface area (Å²) in [5.74, 6) is 2.98. The highest BCUT2D eigenvalue weighted by molar-refractivity contribution is 5.98. The molecule has 0 amide bonds. The lowest BCUT2D eigenvalue weighted by Crippen LogP contribution is -2.32. The maximum absolute atomic E-state index is 12.1. The van der Waals surface area contributed by atoms with Crippen LogP contribution in [0, 0.1) is 17.8 Å². The van der Waals surface area contributed by atoms with Crippen LogP contribution in [0.4, 0.5) is 0 Å². The van der Waals surface area contributed by atoms with Gasteiger partial charge in [-0.1, -0.05) is 20.8 Å². The molecule has 0 aromatic carbocycles. The summed E-state index contributed by atoms with van der Waals surface area (Å²) in [5, 5.41) is 0. The highest BCUT2D eigenvalue weighted by Gasteiger charge is 2.42. The van der Waals surface area contributed by atoms with Crippen LogP contribution in [0.3, 0.4) is 0 Å². The molecule has 3 rings (SSSR count). The maximum Gasteiger partial charge on any atom is 0.201 e. The smallest absolute Gasteiger partial charge is 0.201 e. The number of Topliss-reactive ketones (excluding diaryl/α,β-unsaturated/α-hetero) is 1. The Morgan fingerprint density at radius 2 is 2.18 bits per heavy atom. The highest BCUT2D eigenvalue weighted by atomic mass is 16.3. The van der Waals surface area contributed by atoms with Gasteiger partial charge in [0.25, 0.3) is 0 Å². The molecule has 3 atom stereocenters. The molecule has 1 aromatic rings. The second-order valence-corrected chi connectivity index (χ2v) is 6.06. The molecule has 2 heteroatoms. The molecule has 2 aliphatic rings. The fraction of sp³-hybridized carbons (Fsp3) is 0.667. The van der Waals surface area contributed by atoms with E-state index in [4.69, 9.17) is 4.42 Å². The van der Waals surface area contributed by atoms with Crippen molar-refractivity contribution in [2.45, 2.75) is 46.0 Å². The molecule has 0 fully saturated rings. The van der Waals surface area contributed by atoms with Crippen LogP contribution in [-0.2, 0) is 6.42 Å². The number of furan rings is 1. The molecule has 17 heavy (non-hydrogen) atoms. The van der Waals surface area contributed by atoms with Crippen LogP contribution in [0.15, 0.2) is 10.7 Å². The topological polar surface area (TPSA) is 30.2 Å². The second-order valence-electron chi connectivity index (χ2n) is 6.06. The van der Waals surface area contributed by atoms with Gasteiger partial charge in [-0.05, 0) is 42.6 Å². The monoisotopic (exact) mass is 232 g/mol. The third-order valence-electron chi connectivity index (χ3n) is 4.68. The number of aryl methyl sites for hydroxylation is 1. The van der Waals surface area contributed by atoms with Crippen LogP contribution in [0.25, 0.3) is 0 Å². The minimum atomic E-state index is 0.130. The van der Waals surface area contributed by atoms with Gasteiger partial charge in [0.1, 0.15) is 0 Å². The Bertz CT molecular complexity index is 455. The molecule has 0 aliphatic heterocycles. The molecule has 92 valence electrons. The van der Waals surface area contributed by atoms with Crippen LogP contribution in [0.5, 0.6) is 0 Å². The van der Waals surface area contributed by atoms with Gasteiger partial charge in [0.15, 0.2) is 5.76 Å². The third kappa shape index (κ3) is 1.50. The van der Waals surface area contributed by atoms with Crippen LogP contribution < -0.4 is 0 Å². The lowest BCUT2D eigenvalue weighted by molar-refractivity contribution is 0.0851. The molecule has 0 spiro atoms. The molecule has 0 bridgehead atoms. The average Bonchev–Trinajstić information content (AvgIpc) is 2.71. The van der Waals surface area contributed by atoms with E-state index in [1.807, 2.05) is 13.2 Å². The van der Waals surface area contributed by atoms with Crippen molar-refractivity contribution in [1.29, 1.82) is 0 Å². The normalized spacial score (nSPS) is 31.8. The summed E-state index contributed by atoms with van der Waals surface area (Å²) in [6.45, 7) is 6.65. The first-order chi connectivity index (χ1) is 8.09. The van der Waals surface area contributed by atoms with Gasteiger partial charge in [0.2, 0.25) is 5.78 Å². The summed E-state index contributed by atoms with van der Waals surface area (Å²) in [5.41, 5.74) is 2.56. The van der Waals surface area contributed by atoms with E-state index < -0.39 is 0 Å². The summed E-state index contributed by atoms with van der Waals surface area (Å²) < 4.78 is 5.55. The first kappa shape index (κ1) is 11.1. The first-order valence-corrected chi connectivity index (χ1v) is 6.74. The second kappa shape index (κ2) is 3.72. The Morgan fingerprint density at radius 3 is 2.88 bits per heavy atom. The number of hydrogen-bond donors (Lipinski definition) is 0. The van der Waals surface area contributed by atoms with Crippen LogP contribution in [0.2, 0.25) is 0 Å². The van der Waals surface area contributed by atoms with Crippen LogP contribution in [0.1, 0.15) is 61.2 Å². The average molecular weight is 232 g/mol. The minimum Gasteiger partial charge on any atom is -0.461 e. The third-order valence-corrected chi connectivity index (χ3v) is 4.68. The van der Waals surface area contributed by atoms with Crippen molar-refractivity contribution in [3.05, 3.63) is 23.2 Å². The van der Waals surface area contributed by atoms with E-state index in [0.717, 1.165) is 18.8 Å². The highest BCUT2D eigenvalue weighted by Crippen LogP contribution is 2.49. The summed E-state index contributed by atoms with van der Waals surface area (Å²) in [4.78, 5) is 12.1. The summed E-state index contributed by atoms with van der Waals surface area (Å²) in [6.07, 6.45) is 5.17. The van der Waals surface area contributed by atoms with Gasteiger partial charge < -0.3 is 4.42 Å². The van der Waals surface area contributed by atoms with E-state index in [-0.39, 0.29) is 11.7 Å². The maximum atomic E-state index is 12.1. The van der Waals surface area contributed by atoms with Gasteiger partial charge in [0, 0.05) is 11.5 Å². The minimum absolute atomic E-state index is 0.130. The number of carbonyl (C=O) groups excluding carboxylic acids is 1. The van der Waals surface area contributed by atoms with E-state index in [9.17, 15) is 4.79 Å². The molecule has 2 nitrogen and oxygen atoms in total. The number of carbonyl (C=O) groups is 1. The molecule has 1 aromatic heterocycles. The predicted molar refractivity (Wildman–Crippen MR) is 66.2 cm³/mol. The summed E-state index contributed by atoms with van der Waals surface area (Å²) in [6, 6.07) is 0. The molecule has 0 unspecified atom stereocenters. The Morgan fingerprint density at radius 1 is 1.41 bits per heavy atom. The van der Waals surface area contributed by atoms with Crippen LogP contribution in [-0.4, -0.2) is 5.78 Å². The van der Waals surface area contributed by atoms with Crippen molar-refractivity contribution < 1.29 is 9.21 Å². The molecule has 0 N–H and O–H groups in total. The van der Waals surface area contributed by atoms with Gasteiger partial charge in [-0.15, -0.1) is 0 Å². The summed E-state index contributed by atoms with van der Waals surface area (Å²) >= 11 is 0. The van der Waals surface area contributed by atoms with Gasteiger partial charge in [-0.3, -0.25) is 4.79 Å². The zero-order valence-corrected chi connectivity index (χ0v) is 10.8. The van der Waals surface area contributed by atoms with Crippen molar-refractivity contribution in [3.63, 3.8) is 0 Å². The molecule has 0 saturated carbocycles. The van der Waals surface area contributed by atoms with Crippen molar-refractivity contribution in [2.24, 2.45) is 17.8 Å². The standard InChI is InChI=1S/C15H20O2/c1-8(2)11-5-4-10-7-17-15-13(10)12(11)6-9(3)14(15)16/h7-9,11-12H,4-6H2,1-3H3/t9-,11+,12+/m0/s1. The Hall–Kier alpha value is -1.05. The van der Waals surface area contributed by atoms with E-state index in [1.54, 1.807) is 0 Å². The van der Waals surface area contributed by atoms with Crippen molar-refractivity contribution in [2.75, 3.05) is 0 Å². The Kier molecular flexibility index (Phi) is 2.42. The molecule has 2 aliphatic carbocycles. The molecule has 0 radical (unpaired) electrons. The first-order valence-electron chi connectivity index (χ1n) is 6.74. The van der Waals surface area contributed by atoms with Gasteiger partial charge in [-0.2, -0.15) is 0 Å². The van der Waals surface area contributed by atoms with Crippen molar-refractivity contribution in [3.8, 4) is 0 Å².